The van der Waals surface area contributed by atoms with Crippen LogP contribution in [0.1, 0.15) is 6.92 Å². The fraction of sp³-hybridized carbons (Fsp3) is 0.400. The van der Waals surface area contributed by atoms with E-state index in [1.807, 2.05) is 0 Å². The summed E-state index contributed by atoms with van der Waals surface area (Å²) in [5.41, 5.74) is 0. The monoisotopic (exact) mass is 180 g/mol. The maximum absolute atomic E-state index is 9.52. The molecule has 0 aliphatic carbocycles. The topological polar surface area (TPSA) is 121 Å². The number of carbonyl (C=O) groups is 3. The SMILES string of the molecule is CC(=O)O.O=C(O)COC(=O)O. The highest BCUT2D eigenvalue weighted by atomic mass is 16.7. The summed E-state index contributed by atoms with van der Waals surface area (Å²) >= 11 is 0. The smallest absolute Gasteiger partial charge is 0.481 e. The lowest BCUT2D eigenvalue weighted by Crippen LogP contribution is -2.10. The van der Waals surface area contributed by atoms with Crippen LogP contribution in [-0.4, -0.2) is 40.0 Å². The second-order valence-corrected chi connectivity index (χ2v) is 1.47. The summed E-state index contributed by atoms with van der Waals surface area (Å²) in [4.78, 5) is 27.9. The average Bonchev–Trinajstić information content (AvgIpc) is 1.82. The molecular formula is C5H8O7. The van der Waals surface area contributed by atoms with E-state index in [0.29, 0.717) is 0 Å². The number of rotatable bonds is 2. The van der Waals surface area contributed by atoms with Crippen molar-refractivity contribution in [3.63, 3.8) is 0 Å². The molecule has 0 atom stereocenters. The first-order valence-corrected chi connectivity index (χ1v) is 2.63. The maximum atomic E-state index is 9.52. The van der Waals surface area contributed by atoms with Crippen molar-refractivity contribution < 1.29 is 34.4 Å². The van der Waals surface area contributed by atoms with Crippen LogP contribution in [0.2, 0.25) is 0 Å². The number of ether oxygens (including phenoxy) is 1. The van der Waals surface area contributed by atoms with Crippen molar-refractivity contribution in [3.05, 3.63) is 0 Å². The second kappa shape index (κ2) is 7.32. The molecule has 0 saturated carbocycles. The maximum Gasteiger partial charge on any atom is 0.506 e. The molecule has 0 aromatic rings. The third-order valence-electron chi connectivity index (χ3n) is 0.319. The van der Waals surface area contributed by atoms with E-state index in [0.717, 1.165) is 6.92 Å². The lowest BCUT2D eigenvalue weighted by Gasteiger charge is -1.90. The highest BCUT2D eigenvalue weighted by Gasteiger charge is 1.99. The Hall–Kier alpha value is -1.79. The predicted molar refractivity (Wildman–Crippen MR) is 34.9 cm³/mol. The zero-order valence-corrected chi connectivity index (χ0v) is 6.18. The molecule has 0 aromatic carbocycles. The number of aliphatic carboxylic acids is 2. The molecule has 0 amide bonds. The minimum atomic E-state index is -1.58. The Morgan fingerprint density at radius 1 is 1.17 bits per heavy atom. The van der Waals surface area contributed by atoms with Gasteiger partial charge in [-0.2, -0.15) is 0 Å². The molecule has 0 aliphatic heterocycles. The standard InChI is InChI=1S/C3H4O5.C2H4O2/c4-2(5)1-8-3(6)7;1-2(3)4/h1H2,(H,4,5)(H,6,7);1H3,(H,3,4). The minimum absolute atomic E-state index is 0.796. The summed E-state index contributed by atoms with van der Waals surface area (Å²) in [6.45, 7) is 0.287. The van der Waals surface area contributed by atoms with Gasteiger partial charge in [0.05, 0.1) is 0 Å². The molecule has 0 saturated heterocycles. The van der Waals surface area contributed by atoms with E-state index in [1.165, 1.54) is 0 Å². The van der Waals surface area contributed by atoms with Crippen LogP contribution in [0.5, 0.6) is 0 Å². The molecule has 3 N–H and O–H groups in total. The highest BCUT2D eigenvalue weighted by Crippen LogP contribution is 1.73. The van der Waals surface area contributed by atoms with Crippen molar-refractivity contribution in [1.82, 2.24) is 0 Å². The van der Waals surface area contributed by atoms with Gasteiger partial charge >= 0.3 is 12.1 Å². The molecule has 0 unspecified atom stereocenters. The van der Waals surface area contributed by atoms with Crippen LogP contribution < -0.4 is 0 Å². The molecule has 0 bridgehead atoms. The van der Waals surface area contributed by atoms with Crippen LogP contribution in [0.15, 0.2) is 0 Å². The normalized spacial score (nSPS) is 7.42. The Bertz CT molecular complexity index is 155. The third kappa shape index (κ3) is 41.4. The van der Waals surface area contributed by atoms with Crippen LogP contribution in [0.3, 0.4) is 0 Å². The van der Waals surface area contributed by atoms with E-state index in [2.05, 4.69) is 4.74 Å². The van der Waals surface area contributed by atoms with Crippen molar-refractivity contribution >= 4 is 18.1 Å². The Kier molecular flexibility index (Phi) is 7.84. The third-order valence-corrected chi connectivity index (χ3v) is 0.319. The van der Waals surface area contributed by atoms with Gasteiger partial charge in [-0.15, -0.1) is 0 Å². The summed E-state index contributed by atoms with van der Waals surface area (Å²) in [7, 11) is 0. The van der Waals surface area contributed by atoms with Gasteiger partial charge in [-0.1, -0.05) is 0 Å². The van der Waals surface area contributed by atoms with E-state index in [-0.39, 0.29) is 0 Å². The molecule has 0 aromatic heterocycles. The molecule has 0 radical (unpaired) electrons. The van der Waals surface area contributed by atoms with Crippen molar-refractivity contribution in [3.8, 4) is 0 Å². The van der Waals surface area contributed by atoms with Crippen molar-refractivity contribution in [2.75, 3.05) is 6.61 Å². The Balaban J connectivity index is 0. The van der Waals surface area contributed by atoms with Gasteiger partial charge < -0.3 is 20.1 Å². The van der Waals surface area contributed by atoms with Gasteiger partial charge in [-0.05, 0) is 0 Å². The Morgan fingerprint density at radius 2 is 1.50 bits per heavy atom. The van der Waals surface area contributed by atoms with E-state index in [4.69, 9.17) is 20.1 Å². The zero-order valence-electron chi connectivity index (χ0n) is 6.18. The molecule has 0 spiro atoms. The Morgan fingerprint density at radius 3 is 1.58 bits per heavy atom. The van der Waals surface area contributed by atoms with Gasteiger partial charge in [0.25, 0.3) is 5.97 Å². The summed E-state index contributed by atoms with van der Waals surface area (Å²) in [6, 6.07) is 0. The largest absolute Gasteiger partial charge is 0.506 e. The van der Waals surface area contributed by atoms with Crippen molar-refractivity contribution in [2.24, 2.45) is 0 Å². The summed E-state index contributed by atoms with van der Waals surface area (Å²) in [6.07, 6.45) is -1.58. The summed E-state index contributed by atoms with van der Waals surface area (Å²) < 4.78 is 3.62. The molecule has 7 heteroatoms. The van der Waals surface area contributed by atoms with Gasteiger partial charge in [-0.25, -0.2) is 9.59 Å². The average molecular weight is 180 g/mol. The first kappa shape index (κ1) is 12.8. The number of carboxylic acids is 2. The fourth-order valence-corrected chi connectivity index (χ4v) is 0.123. The van der Waals surface area contributed by atoms with Crippen LogP contribution >= 0.6 is 0 Å². The molecule has 7 nitrogen and oxygen atoms in total. The molecule has 0 aliphatic rings. The fourth-order valence-electron chi connectivity index (χ4n) is 0.123. The summed E-state index contributed by atoms with van der Waals surface area (Å²) in [5.74, 6) is -2.13. The molecule has 0 heterocycles. The Labute approximate surface area is 67.2 Å². The van der Waals surface area contributed by atoms with E-state index in [1.54, 1.807) is 0 Å². The van der Waals surface area contributed by atoms with Gasteiger partial charge in [0.15, 0.2) is 6.61 Å². The van der Waals surface area contributed by atoms with Crippen LogP contribution in [0.4, 0.5) is 4.79 Å². The highest BCUT2D eigenvalue weighted by molar-refractivity contribution is 5.71. The van der Waals surface area contributed by atoms with Crippen molar-refractivity contribution in [2.45, 2.75) is 6.92 Å². The van der Waals surface area contributed by atoms with Crippen LogP contribution in [0, 0.1) is 0 Å². The van der Waals surface area contributed by atoms with Gasteiger partial charge in [0.1, 0.15) is 0 Å². The lowest BCUT2D eigenvalue weighted by atomic mass is 10.8. The van der Waals surface area contributed by atoms with E-state index >= 15 is 0 Å². The van der Waals surface area contributed by atoms with Gasteiger partial charge in [-0.3, -0.25) is 4.79 Å². The van der Waals surface area contributed by atoms with Gasteiger partial charge in [0, 0.05) is 6.92 Å². The molecule has 70 valence electrons. The number of hydrogen-bond donors (Lipinski definition) is 3. The number of carboxylic acid groups (broad SMARTS) is 3. The van der Waals surface area contributed by atoms with Crippen LogP contribution in [0.25, 0.3) is 0 Å². The van der Waals surface area contributed by atoms with Crippen molar-refractivity contribution in [1.29, 1.82) is 0 Å². The molecular weight excluding hydrogens is 172 g/mol. The van der Waals surface area contributed by atoms with E-state index in [9.17, 15) is 9.59 Å². The minimum Gasteiger partial charge on any atom is -0.481 e. The molecule has 0 fully saturated rings. The van der Waals surface area contributed by atoms with Gasteiger partial charge in [0.2, 0.25) is 0 Å². The quantitative estimate of drug-likeness (QED) is 0.505. The molecule has 12 heavy (non-hydrogen) atoms. The second-order valence-electron chi connectivity index (χ2n) is 1.47. The zero-order chi connectivity index (χ0) is 10.1. The number of hydrogen-bond acceptors (Lipinski definition) is 4. The predicted octanol–water partition coefficient (Wildman–Crippen LogP) is -0.143. The summed E-state index contributed by atoms with van der Waals surface area (Å²) in [5, 5.41) is 22.9. The molecule has 0 rings (SSSR count). The van der Waals surface area contributed by atoms with E-state index < -0.39 is 24.7 Å². The first-order chi connectivity index (χ1) is 5.36. The lowest BCUT2D eigenvalue weighted by molar-refractivity contribution is -0.141. The first-order valence-electron chi connectivity index (χ1n) is 2.63. The van der Waals surface area contributed by atoms with Crippen LogP contribution in [-0.2, 0) is 14.3 Å².